The largest absolute Gasteiger partial charge is 0.497 e. The van der Waals surface area contributed by atoms with Gasteiger partial charge in [0.05, 0.1) is 18.5 Å². The highest BCUT2D eigenvalue weighted by atomic mass is 16.5. The Morgan fingerprint density at radius 1 is 1.25 bits per heavy atom. The van der Waals surface area contributed by atoms with Crippen LogP contribution in [0.2, 0.25) is 0 Å². The highest BCUT2D eigenvalue weighted by Crippen LogP contribution is 2.21. The molecule has 0 fully saturated rings. The minimum absolute atomic E-state index is 0.416. The number of rotatable bonds is 3. The lowest BCUT2D eigenvalue weighted by molar-refractivity contribution is 0.415. The first-order valence-corrected chi connectivity index (χ1v) is 4.99. The average Bonchev–Trinajstić information content (AvgIpc) is 2.39. The van der Waals surface area contributed by atoms with E-state index >= 15 is 0 Å². The Labute approximate surface area is 94.1 Å². The van der Waals surface area contributed by atoms with Crippen molar-refractivity contribution in [2.75, 3.05) is 7.11 Å². The Morgan fingerprint density at radius 2 is 2.12 bits per heavy atom. The van der Waals surface area contributed by atoms with Gasteiger partial charge in [0, 0.05) is 12.1 Å². The molecule has 0 radical (unpaired) electrons. The molecule has 0 aliphatic rings. The van der Waals surface area contributed by atoms with Gasteiger partial charge >= 0.3 is 0 Å². The third-order valence-corrected chi connectivity index (χ3v) is 2.30. The van der Waals surface area contributed by atoms with Crippen molar-refractivity contribution in [1.29, 1.82) is 0 Å². The maximum absolute atomic E-state index is 5.54. The maximum Gasteiger partial charge on any atom is 0.119 e. The summed E-state index contributed by atoms with van der Waals surface area (Å²) in [6, 6.07) is 9.62. The third-order valence-electron chi connectivity index (χ3n) is 2.30. The van der Waals surface area contributed by atoms with Crippen molar-refractivity contribution in [2.45, 2.75) is 6.54 Å². The second kappa shape index (κ2) is 4.72. The molecule has 16 heavy (non-hydrogen) atoms. The number of benzene rings is 1. The van der Waals surface area contributed by atoms with Crippen LogP contribution in [0.5, 0.6) is 5.75 Å². The van der Waals surface area contributed by atoms with Crippen molar-refractivity contribution in [3.8, 4) is 17.0 Å². The van der Waals surface area contributed by atoms with Gasteiger partial charge in [0.1, 0.15) is 12.1 Å². The fourth-order valence-electron chi connectivity index (χ4n) is 1.45. The lowest BCUT2D eigenvalue weighted by Crippen LogP contribution is -2.00. The van der Waals surface area contributed by atoms with Crippen molar-refractivity contribution in [2.24, 2.45) is 5.73 Å². The second-order valence-electron chi connectivity index (χ2n) is 3.33. The van der Waals surface area contributed by atoms with Gasteiger partial charge in [0.2, 0.25) is 0 Å². The summed E-state index contributed by atoms with van der Waals surface area (Å²) in [5.41, 5.74) is 8.22. The molecule has 2 aromatic rings. The Bertz CT molecular complexity index is 440. The predicted octanol–water partition coefficient (Wildman–Crippen LogP) is 1.61. The molecule has 0 atom stereocenters. The van der Waals surface area contributed by atoms with Gasteiger partial charge in [-0.15, -0.1) is 0 Å². The summed E-state index contributed by atoms with van der Waals surface area (Å²) in [5.74, 6) is 0.811. The molecule has 0 aliphatic carbocycles. The van der Waals surface area contributed by atoms with Gasteiger partial charge in [-0.2, -0.15) is 0 Å². The smallest absolute Gasteiger partial charge is 0.119 e. The molecule has 0 unspecified atom stereocenters. The minimum Gasteiger partial charge on any atom is -0.497 e. The number of methoxy groups -OCH3 is 1. The van der Waals surface area contributed by atoms with Crippen LogP contribution in [0.1, 0.15) is 5.69 Å². The summed E-state index contributed by atoms with van der Waals surface area (Å²) in [7, 11) is 1.64. The monoisotopic (exact) mass is 215 g/mol. The van der Waals surface area contributed by atoms with Gasteiger partial charge in [-0.25, -0.2) is 9.97 Å². The molecule has 2 rings (SSSR count). The lowest BCUT2D eigenvalue weighted by atomic mass is 10.1. The van der Waals surface area contributed by atoms with E-state index in [1.807, 2.05) is 30.3 Å². The van der Waals surface area contributed by atoms with E-state index in [2.05, 4.69) is 9.97 Å². The SMILES string of the molecule is COc1cccc(-c2cc(CN)ncn2)c1. The van der Waals surface area contributed by atoms with E-state index in [0.29, 0.717) is 6.54 Å². The highest BCUT2D eigenvalue weighted by Gasteiger charge is 2.02. The van der Waals surface area contributed by atoms with Gasteiger partial charge in [0.25, 0.3) is 0 Å². The van der Waals surface area contributed by atoms with Crippen LogP contribution in [-0.4, -0.2) is 17.1 Å². The number of hydrogen-bond acceptors (Lipinski definition) is 4. The standard InChI is InChI=1S/C12H13N3O/c1-16-11-4-2-3-9(5-11)12-6-10(7-13)14-8-15-12/h2-6,8H,7,13H2,1H3. The summed E-state index contributed by atoms with van der Waals surface area (Å²) >= 11 is 0. The Balaban J connectivity index is 2.41. The summed E-state index contributed by atoms with van der Waals surface area (Å²) in [6.45, 7) is 0.416. The topological polar surface area (TPSA) is 61.0 Å². The van der Waals surface area contributed by atoms with Crippen LogP contribution in [0.25, 0.3) is 11.3 Å². The first kappa shape index (κ1) is 10.6. The quantitative estimate of drug-likeness (QED) is 0.845. The minimum atomic E-state index is 0.416. The molecule has 0 saturated carbocycles. The molecule has 4 nitrogen and oxygen atoms in total. The van der Waals surface area contributed by atoms with E-state index in [1.54, 1.807) is 7.11 Å². The summed E-state index contributed by atoms with van der Waals surface area (Å²) in [5, 5.41) is 0. The van der Waals surface area contributed by atoms with Crippen molar-refractivity contribution in [1.82, 2.24) is 9.97 Å². The van der Waals surface area contributed by atoms with E-state index in [0.717, 1.165) is 22.7 Å². The summed E-state index contributed by atoms with van der Waals surface area (Å²) in [4.78, 5) is 8.27. The summed E-state index contributed by atoms with van der Waals surface area (Å²) < 4.78 is 5.16. The first-order valence-electron chi connectivity index (χ1n) is 4.99. The molecule has 4 heteroatoms. The Hall–Kier alpha value is -1.94. The number of ether oxygens (including phenoxy) is 1. The average molecular weight is 215 g/mol. The van der Waals surface area contributed by atoms with Gasteiger partial charge < -0.3 is 10.5 Å². The highest BCUT2D eigenvalue weighted by molar-refractivity contribution is 5.61. The van der Waals surface area contributed by atoms with Gasteiger partial charge in [-0.3, -0.25) is 0 Å². The predicted molar refractivity (Wildman–Crippen MR) is 61.9 cm³/mol. The Kier molecular flexibility index (Phi) is 3.12. The van der Waals surface area contributed by atoms with Crippen LogP contribution in [0.3, 0.4) is 0 Å². The third kappa shape index (κ3) is 2.17. The van der Waals surface area contributed by atoms with Gasteiger partial charge in [-0.1, -0.05) is 12.1 Å². The van der Waals surface area contributed by atoms with Crippen LogP contribution in [0, 0.1) is 0 Å². The van der Waals surface area contributed by atoms with E-state index in [9.17, 15) is 0 Å². The van der Waals surface area contributed by atoms with Crippen molar-refractivity contribution in [3.63, 3.8) is 0 Å². The molecular formula is C12H13N3O. The number of nitrogens with zero attached hydrogens (tertiary/aromatic N) is 2. The number of hydrogen-bond donors (Lipinski definition) is 1. The molecule has 0 amide bonds. The number of nitrogens with two attached hydrogens (primary N) is 1. The van der Waals surface area contributed by atoms with E-state index in [1.165, 1.54) is 6.33 Å². The molecule has 1 heterocycles. The van der Waals surface area contributed by atoms with Gasteiger partial charge in [0.15, 0.2) is 0 Å². The van der Waals surface area contributed by atoms with E-state index < -0.39 is 0 Å². The fourth-order valence-corrected chi connectivity index (χ4v) is 1.45. The molecule has 1 aromatic heterocycles. The summed E-state index contributed by atoms with van der Waals surface area (Å²) in [6.07, 6.45) is 1.52. The van der Waals surface area contributed by atoms with Crippen molar-refractivity contribution >= 4 is 0 Å². The molecule has 1 aromatic carbocycles. The van der Waals surface area contributed by atoms with Crippen LogP contribution < -0.4 is 10.5 Å². The van der Waals surface area contributed by atoms with Crippen LogP contribution in [0.15, 0.2) is 36.7 Å². The second-order valence-corrected chi connectivity index (χ2v) is 3.33. The molecule has 0 saturated heterocycles. The fraction of sp³-hybridized carbons (Fsp3) is 0.167. The van der Waals surface area contributed by atoms with Gasteiger partial charge in [-0.05, 0) is 18.2 Å². The molecular weight excluding hydrogens is 202 g/mol. The van der Waals surface area contributed by atoms with Crippen molar-refractivity contribution in [3.05, 3.63) is 42.4 Å². The molecule has 2 N–H and O–H groups in total. The van der Waals surface area contributed by atoms with Crippen LogP contribution >= 0.6 is 0 Å². The van der Waals surface area contributed by atoms with Crippen LogP contribution in [-0.2, 0) is 6.54 Å². The van der Waals surface area contributed by atoms with Crippen LogP contribution in [0.4, 0.5) is 0 Å². The maximum atomic E-state index is 5.54. The molecule has 82 valence electrons. The Morgan fingerprint density at radius 3 is 2.88 bits per heavy atom. The molecule has 0 spiro atoms. The normalized spacial score (nSPS) is 10.1. The lowest BCUT2D eigenvalue weighted by Gasteiger charge is -2.04. The molecule has 0 aliphatic heterocycles. The van der Waals surface area contributed by atoms with E-state index in [-0.39, 0.29) is 0 Å². The zero-order chi connectivity index (χ0) is 11.4. The molecule has 0 bridgehead atoms. The zero-order valence-corrected chi connectivity index (χ0v) is 9.05. The number of aromatic nitrogens is 2. The van der Waals surface area contributed by atoms with E-state index in [4.69, 9.17) is 10.5 Å². The first-order chi connectivity index (χ1) is 7.83. The zero-order valence-electron chi connectivity index (χ0n) is 9.05. The van der Waals surface area contributed by atoms with Crippen molar-refractivity contribution < 1.29 is 4.74 Å².